The van der Waals surface area contributed by atoms with Crippen LogP contribution < -0.4 is 5.32 Å². The highest BCUT2D eigenvalue weighted by Crippen LogP contribution is 2.41. The Kier molecular flexibility index (Phi) is 6.19. The van der Waals surface area contributed by atoms with Gasteiger partial charge in [0.25, 0.3) is 5.91 Å². The number of benzene rings is 3. The highest BCUT2D eigenvalue weighted by Gasteiger charge is 2.46. The second-order valence-corrected chi connectivity index (χ2v) is 7.31. The summed E-state index contributed by atoms with van der Waals surface area (Å²) >= 11 is 1.36. The number of aliphatic hydroxyl groups is 1. The first-order valence-electron chi connectivity index (χ1n) is 8.62. The van der Waals surface area contributed by atoms with Gasteiger partial charge in [0, 0.05) is 16.7 Å². The molecule has 4 rings (SSSR count). The number of carbonyl (C=O) groups is 1. The molecule has 28 heavy (non-hydrogen) atoms. The number of aliphatic imine (C=N–C) groups is 1. The van der Waals surface area contributed by atoms with Gasteiger partial charge in [-0.25, -0.2) is 4.99 Å². The standard InChI is InChI=1S/C22H18N2O2S.ClH/c25-19(16-10-4-1-5-11-16)23-21-22(26,18-14-8-3-9-15-18)24-20(27-21)17-12-6-2-7-13-17;/h1-15,21,26H,(H,23,25);1H. The molecule has 2 unspecified atom stereocenters. The van der Waals surface area contributed by atoms with Crippen LogP contribution in [0.25, 0.3) is 0 Å². The maximum atomic E-state index is 12.7. The molecule has 0 saturated carbocycles. The molecular formula is C22H19ClN2O2S. The lowest BCUT2D eigenvalue weighted by atomic mass is 10.0. The third kappa shape index (κ3) is 3.97. The Balaban J connectivity index is 0.00000225. The first-order valence-corrected chi connectivity index (χ1v) is 9.50. The van der Waals surface area contributed by atoms with Gasteiger partial charge in [-0.1, -0.05) is 90.6 Å². The number of nitrogens with zero attached hydrogens (tertiary/aromatic N) is 1. The molecule has 0 saturated heterocycles. The van der Waals surface area contributed by atoms with Gasteiger partial charge in [-0.2, -0.15) is 0 Å². The van der Waals surface area contributed by atoms with Crippen molar-refractivity contribution in [1.82, 2.24) is 5.32 Å². The quantitative estimate of drug-likeness (QED) is 0.677. The van der Waals surface area contributed by atoms with E-state index >= 15 is 0 Å². The van der Waals surface area contributed by atoms with Crippen molar-refractivity contribution in [3.8, 4) is 0 Å². The van der Waals surface area contributed by atoms with Crippen LogP contribution in [0.3, 0.4) is 0 Å². The van der Waals surface area contributed by atoms with Crippen LogP contribution in [0.4, 0.5) is 0 Å². The summed E-state index contributed by atoms with van der Waals surface area (Å²) in [5, 5.41) is 14.4. The zero-order valence-electron chi connectivity index (χ0n) is 14.9. The summed E-state index contributed by atoms with van der Waals surface area (Å²) in [7, 11) is 0. The number of nitrogens with one attached hydrogen (secondary N) is 1. The first-order chi connectivity index (χ1) is 13.2. The lowest BCUT2D eigenvalue weighted by molar-refractivity contribution is 0.0361. The Morgan fingerprint density at radius 2 is 1.43 bits per heavy atom. The maximum Gasteiger partial charge on any atom is 0.252 e. The second-order valence-electron chi connectivity index (χ2n) is 6.21. The number of thioether (sulfide) groups is 1. The molecule has 1 heterocycles. The normalized spacial score (nSPS) is 20.8. The summed E-state index contributed by atoms with van der Waals surface area (Å²) in [6.45, 7) is 0. The van der Waals surface area contributed by atoms with E-state index in [0.717, 1.165) is 5.56 Å². The zero-order chi connectivity index (χ0) is 18.7. The Morgan fingerprint density at radius 3 is 2.04 bits per heavy atom. The summed E-state index contributed by atoms with van der Waals surface area (Å²) < 4.78 is 0. The molecule has 1 aliphatic heterocycles. The van der Waals surface area contributed by atoms with E-state index in [1.165, 1.54) is 11.8 Å². The van der Waals surface area contributed by atoms with E-state index in [1.54, 1.807) is 12.1 Å². The molecule has 0 bridgehead atoms. The first kappa shape index (κ1) is 20.1. The fourth-order valence-electron chi connectivity index (χ4n) is 2.97. The van der Waals surface area contributed by atoms with Gasteiger partial charge in [0.05, 0.1) is 0 Å². The van der Waals surface area contributed by atoms with Gasteiger partial charge in [-0.15, -0.1) is 12.4 Å². The monoisotopic (exact) mass is 410 g/mol. The van der Waals surface area contributed by atoms with Gasteiger partial charge in [-0.3, -0.25) is 4.79 Å². The van der Waals surface area contributed by atoms with Crippen LogP contribution >= 0.6 is 24.2 Å². The van der Waals surface area contributed by atoms with Crippen molar-refractivity contribution in [3.63, 3.8) is 0 Å². The Labute approximate surface area is 174 Å². The van der Waals surface area contributed by atoms with Gasteiger partial charge in [0.1, 0.15) is 10.4 Å². The Hall–Kier alpha value is -2.60. The fourth-order valence-corrected chi connectivity index (χ4v) is 4.17. The average molecular weight is 411 g/mol. The largest absolute Gasteiger partial charge is 0.363 e. The van der Waals surface area contributed by atoms with E-state index in [4.69, 9.17) is 0 Å². The molecule has 0 spiro atoms. The van der Waals surface area contributed by atoms with Crippen LogP contribution in [0.15, 0.2) is 96.0 Å². The van der Waals surface area contributed by atoms with Crippen LogP contribution in [0, 0.1) is 0 Å². The molecule has 0 fully saturated rings. The predicted molar refractivity (Wildman–Crippen MR) is 116 cm³/mol. The summed E-state index contributed by atoms with van der Waals surface area (Å²) in [6.07, 6.45) is 0. The van der Waals surface area contributed by atoms with Gasteiger partial charge >= 0.3 is 0 Å². The van der Waals surface area contributed by atoms with Gasteiger partial charge in [0.2, 0.25) is 5.72 Å². The highest BCUT2D eigenvalue weighted by atomic mass is 35.5. The number of halogens is 1. The van der Waals surface area contributed by atoms with E-state index in [0.29, 0.717) is 16.2 Å². The van der Waals surface area contributed by atoms with Crippen molar-refractivity contribution in [2.75, 3.05) is 0 Å². The zero-order valence-corrected chi connectivity index (χ0v) is 16.5. The SMILES string of the molecule is Cl.O=C(NC1SC(c2ccccc2)=NC1(O)c1ccccc1)c1ccccc1. The summed E-state index contributed by atoms with van der Waals surface area (Å²) in [4.78, 5) is 17.3. The molecule has 4 nitrogen and oxygen atoms in total. The second kappa shape index (κ2) is 8.61. The predicted octanol–water partition coefficient (Wildman–Crippen LogP) is 4.20. The van der Waals surface area contributed by atoms with Gasteiger partial charge < -0.3 is 10.4 Å². The van der Waals surface area contributed by atoms with E-state index in [-0.39, 0.29) is 18.3 Å². The number of hydrogen-bond acceptors (Lipinski definition) is 4. The number of hydrogen-bond donors (Lipinski definition) is 2. The topological polar surface area (TPSA) is 61.7 Å². The summed E-state index contributed by atoms with van der Waals surface area (Å²) in [5.41, 5.74) is 0.554. The molecule has 1 amide bonds. The van der Waals surface area contributed by atoms with E-state index in [1.807, 2.05) is 78.9 Å². The Bertz CT molecular complexity index is 968. The average Bonchev–Trinajstić information content (AvgIpc) is 3.07. The minimum atomic E-state index is -1.54. The van der Waals surface area contributed by atoms with Crippen LogP contribution in [-0.2, 0) is 5.72 Å². The molecule has 1 aliphatic rings. The smallest absolute Gasteiger partial charge is 0.252 e. The molecule has 142 valence electrons. The molecule has 2 N–H and O–H groups in total. The molecule has 3 aromatic carbocycles. The van der Waals surface area contributed by atoms with Gasteiger partial charge in [-0.05, 0) is 12.1 Å². The molecule has 0 aliphatic carbocycles. The van der Waals surface area contributed by atoms with Crippen LogP contribution in [0.5, 0.6) is 0 Å². The highest BCUT2D eigenvalue weighted by molar-refractivity contribution is 8.15. The van der Waals surface area contributed by atoms with E-state index in [2.05, 4.69) is 10.3 Å². The fraction of sp³-hybridized carbons (Fsp3) is 0.0909. The molecule has 3 aromatic rings. The van der Waals surface area contributed by atoms with Crippen LogP contribution in [-0.4, -0.2) is 21.4 Å². The van der Waals surface area contributed by atoms with E-state index in [9.17, 15) is 9.90 Å². The summed E-state index contributed by atoms with van der Waals surface area (Å²) in [6, 6.07) is 27.9. The third-order valence-corrected chi connectivity index (χ3v) is 5.62. The third-order valence-electron chi connectivity index (χ3n) is 4.38. The number of amides is 1. The van der Waals surface area contributed by atoms with Crippen molar-refractivity contribution in [1.29, 1.82) is 0 Å². The maximum absolute atomic E-state index is 12.7. The van der Waals surface area contributed by atoms with Crippen LogP contribution in [0.2, 0.25) is 0 Å². The molecule has 0 aromatic heterocycles. The Morgan fingerprint density at radius 1 is 0.893 bits per heavy atom. The molecule has 2 atom stereocenters. The number of carbonyl (C=O) groups excluding carboxylic acids is 1. The molecule has 0 radical (unpaired) electrons. The molecular weight excluding hydrogens is 392 g/mol. The molecule has 6 heteroatoms. The van der Waals surface area contributed by atoms with Crippen LogP contribution in [0.1, 0.15) is 21.5 Å². The lowest BCUT2D eigenvalue weighted by Crippen LogP contribution is -2.45. The van der Waals surface area contributed by atoms with E-state index < -0.39 is 11.1 Å². The summed E-state index contributed by atoms with van der Waals surface area (Å²) in [5.74, 6) is -0.244. The minimum Gasteiger partial charge on any atom is -0.363 e. The van der Waals surface area contributed by atoms with Crippen molar-refractivity contribution in [2.24, 2.45) is 4.99 Å². The number of rotatable bonds is 4. The van der Waals surface area contributed by atoms with Crippen molar-refractivity contribution in [2.45, 2.75) is 11.1 Å². The lowest BCUT2D eigenvalue weighted by Gasteiger charge is -2.27. The minimum absolute atomic E-state index is 0. The van der Waals surface area contributed by atoms with Gasteiger partial charge in [0.15, 0.2) is 0 Å². The van der Waals surface area contributed by atoms with Crippen molar-refractivity contribution in [3.05, 3.63) is 108 Å². The van der Waals surface area contributed by atoms with Crippen molar-refractivity contribution < 1.29 is 9.90 Å². The van der Waals surface area contributed by atoms with Crippen molar-refractivity contribution >= 4 is 35.1 Å².